The molecule has 1 aromatic rings. The molecule has 0 radical (unpaired) electrons. The second-order valence-corrected chi connectivity index (χ2v) is 4.91. The molecule has 0 fully saturated rings. The van der Waals surface area contributed by atoms with Crippen molar-refractivity contribution < 1.29 is 19.1 Å². The maximum Gasteiger partial charge on any atom is 0.407 e. The Balaban J connectivity index is 2.67. The van der Waals surface area contributed by atoms with E-state index in [1.54, 1.807) is 26.8 Å². The van der Waals surface area contributed by atoms with Crippen molar-refractivity contribution in [3.05, 3.63) is 23.4 Å². The molecule has 1 N–H and O–H groups in total. The fourth-order valence-corrected chi connectivity index (χ4v) is 1.32. The number of carbonyl (C=O) groups is 2. The van der Waals surface area contributed by atoms with Crippen molar-refractivity contribution in [1.82, 2.24) is 10.3 Å². The first kappa shape index (κ1) is 14.9. The predicted octanol–water partition coefficient (Wildman–Crippen LogP) is 1.93. The van der Waals surface area contributed by atoms with Crippen LogP contribution in [-0.2, 0) is 11.3 Å². The summed E-state index contributed by atoms with van der Waals surface area (Å²) in [5, 5.41) is 2.56. The van der Waals surface area contributed by atoms with Crippen LogP contribution in [-0.4, -0.2) is 30.1 Å². The first-order valence-corrected chi connectivity index (χ1v) is 5.81. The molecule has 0 aromatic carbocycles. The van der Waals surface area contributed by atoms with E-state index in [9.17, 15) is 9.59 Å². The Morgan fingerprint density at radius 1 is 1.42 bits per heavy atom. The van der Waals surface area contributed by atoms with E-state index in [1.165, 1.54) is 13.2 Å². The normalized spacial score (nSPS) is 10.7. The van der Waals surface area contributed by atoms with Crippen molar-refractivity contribution >= 4 is 12.4 Å². The third-order valence-corrected chi connectivity index (χ3v) is 2.04. The Hall–Kier alpha value is -2.11. The molecule has 0 aliphatic heterocycles. The fraction of sp³-hybridized carbons (Fsp3) is 0.462. The van der Waals surface area contributed by atoms with Crippen LogP contribution in [0.4, 0.5) is 4.79 Å². The Morgan fingerprint density at radius 2 is 2.11 bits per heavy atom. The predicted molar refractivity (Wildman–Crippen MR) is 69.3 cm³/mol. The Labute approximate surface area is 112 Å². The lowest BCUT2D eigenvalue weighted by atomic mass is 10.2. The van der Waals surface area contributed by atoms with Crippen molar-refractivity contribution in [2.45, 2.75) is 32.9 Å². The molecule has 19 heavy (non-hydrogen) atoms. The van der Waals surface area contributed by atoms with Gasteiger partial charge in [0.2, 0.25) is 5.88 Å². The van der Waals surface area contributed by atoms with Gasteiger partial charge in [0, 0.05) is 11.6 Å². The standard InChI is InChI=1S/C13H18N2O4/c1-13(2,3)19-12(17)14-7-10-5-9(8-16)6-11(15-10)18-4/h5-6,8H,7H2,1-4H3,(H,14,17). The molecule has 6 nitrogen and oxygen atoms in total. The third-order valence-electron chi connectivity index (χ3n) is 2.04. The van der Waals surface area contributed by atoms with Gasteiger partial charge < -0.3 is 14.8 Å². The highest BCUT2D eigenvalue weighted by Crippen LogP contribution is 2.11. The Morgan fingerprint density at radius 3 is 2.63 bits per heavy atom. The average Bonchev–Trinajstić information content (AvgIpc) is 2.33. The molecule has 1 aromatic heterocycles. The van der Waals surface area contributed by atoms with Crippen LogP contribution in [0.3, 0.4) is 0 Å². The highest BCUT2D eigenvalue weighted by atomic mass is 16.6. The number of aldehydes is 1. The first-order valence-electron chi connectivity index (χ1n) is 5.81. The summed E-state index contributed by atoms with van der Waals surface area (Å²) in [5.74, 6) is 0.325. The minimum atomic E-state index is -0.556. The molecule has 0 spiro atoms. The van der Waals surface area contributed by atoms with Crippen LogP contribution in [0.2, 0.25) is 0 Å². The van der Waals surface area contributed by atoms with Gasteiger partial charge in [-0.1, -0.05) is 0 Å². The minimum absolute atomic E-state index is 0.160. The van der Waals surface area contributed by atoms with Gasteiger partial charge in [-0.3, -0.25) is 4.79 Å². The number of carbonyl (C=O) groups excluding carboxylic acids is 2. The van der Waals surface area contributed by atoms with Crippen molar-refractivity contribution in [2.75, 3.05) is 7.11 Å². The fourth-order valence-electron chi connectivity index (χ4n) is 1.32. The lowest BCUT2D eigenvalue weighted by Crippen LogP contribution is -2.32. The van der Waals surface area contributed by atoms with E-state index in [2.05, 4.69) is 10.3 Å². The van der Waals surface area contributed by atoms with Gasteiger partial charge >= 0.3 is 6.09 Å². The van der Waals surface area contributed by atoms with E-state index >= 15 is 0 Å². The number of hydrogen-bond acceptors (Lipinski definition) is 5. The lowest BCUT2D eigenvalue weighted by Gasteiger charge is -2.19. The molecule has 104 valence electrons. The molecule has 1 amide bonds. The first-order chi connectivity index (χ1) is 8.84. The number of rotatable bonds is 4. The van der Waals surface area contributed by atoms with Crippen molar-refractivity contribution in [3.8, 4) is 5.88 Å². The van der Waals surface area contributed by atoms with Crippen molar-refractivity contribution in [2.24, 2.45) is 0 Å². The molecule has 0 unspecified atom stereocenters. The second-order valence-electron chi connectivity index (χ2n) is 4.91. The van der Waals surface area contributed by atoms with Crippen LogP contribution in [0.1, 0.15) is 36.8 Å². The molecule has 1 rings (SSSR count). The van der Waals surface area contributed by atoms with E-state index in [0.717, 1.165) is 0 Å². The molecule has 0 atom stereocenters. The quantitative estimate of drug-likeness (QED) is 0.842. The molecular formula is C13H18N2O4. The van der Waals surface area contributed by atoms with Gasteiger partial charge in [0.25, 0.3) is 0 Å². The summed E-state index contributed by atoms with van der Waals surface area (Å²) < 4.78 is 10.1. The second kappa shape index (κ2) is 6.17. The summed E-state index contributed by atoms with van der Waals surface area (Å²) >= 11 is 0. The van der Waals surface area contributed by atoms with E-state index in [0.29, 0.717) is 23.4 Å². The van der Waals surface area contributed by atoms with E-state index in [4.69, 9.17) is 9.47 Å². The van der Waals surface area contributed by atoms with E-state index < -0.39 is 11.7 Å². The van der Waals surface area contributed by atoms with Gasteiger partial charge in [0.1, 0.15) is 11.9 Å². The zero-order valence-corrected chi connectivity index (χ0v) is 11.5. The summed E-state index contributed by atoms with van der Waals surface area (Å²) in [6, 6.07) is 3.09. The van der Waals surface area contributed by atoms with Crippen LogP contribution in [0, 0.1) is 0 Å². The van der Waals surface area contributed by atoms with Gasteiger partial charge in [-0.05, 0) is 26.8 Å². The lowest BCUT2D eigenvalue weighted by molar-refractivity contribution is 0.0522. The SMILES string of the molecule is COc1cc(C=O)cc(CNC(=O)OC(C)(C)C)n1. The number of pyridine rings is 1. The summed E-state index contributed by atoms with van der Waals surface area (Å²) in [5.41, 5.74) is 0.403. The van der Waals surface area contributed by atoms with Gasteiger partial charge in [0.05, 0.1) is 19.3 Å². The van der Waals surface area contributed by atoms with E-state index in [1.807, 2.05) is 0 Å². The molecule has 0 saturated heterocycles. The van der Waals surface area contributed by atoms with Crippen LogP contribution in [0.25, 0.3) is 0 Å². The van der Waals surface area contributed by atoms with Gasteiger partial charge in [0.15, 0.2) is 0 Å². The number of nitrogens with zero attached hydrogens (tertiary/aromatic N) is 1. The molecule has 0 saturated carbocycles. The summed E-state index contributed by atoms with van der Waals surface area (Å²) in [7, 11) is 1.46. The zero-order chi connectivity index (χ0) is 14.5. The van der Waals surface area contributed by atoms with Crippen LogP contribution in [0.15, 0.2) is 12.1 Å². The topological polar surface area (TPSA) is 77.5 Å². The third kappa shape index (κ3) is 5.37. The van der Waals surface area contributed by atoms with Gasteiger partial charge in [-0.2, -0.15) is 0 Å². The maximum absolute atomic E-state index is 11.5. The number of ether oxygens (including phenoxy) is 2. The van der Waals surface area contributed by atoms with Crippen molar-refractivity contribution in [1.29, 1.82) is 0 Å². The molecule has 6 heteroatoms. The van der Waals surface area contributed by atoms with E-state index in [-0.39, 0.29) is 6.54 Å². The summed E-state index contributed by atoms with van der Waals surface area (Å²) in [4.78, 5) is 26.4. The van der Waals surface area contributed by atoms with Gasteiger partial charge in [-0.25, -0.2) is 9.78 Å². The number of alkyl carbamates (subject to hydrolysis) is 1. The zero-order valence-electron chi connectivity index (χ0n) is 11.5. The molecule has 0 bridgehead atoms. The highest BCUT2D eigenvalue weighted by Gasteiger charge is 2.16. The van der Waals surface area contributed by atoms with Crippen LogP contribution < -0.4 is 10.1 Å². The number of methoxy groups -OCH3 is 1. The average molecular weight is 266 g/mol. The largest absolute Gasteiger partial charge is 0.481 e. The van der Waals surface area contributed by atoms with Crippen LogP contribution >= 0.6 is 0 Å². The molecular weight excluding hydrogens is 248 g/mol. The van der Waals surface area contributed by atoms with Crippen LogP contribution in [0.5, 0.6) is 5.88 Å². The maximum atomic E-state index is 11.5. The summed E-state index contributed by atoms with van der Waals surface area (Å²) in [6.45, 7) is 5.50. The molecule has 1 heterocycles. The number of amides is 1. The number of aromatic nitrogens is 1. The molecule has 0 aliphatic rings. The number of hydrogen-bond donors (Lipinski definition) is 1. The van der Waals surface area contributed by atoms with Crippen molar-refractivity contribution in [3.63, 3.8) is 0 Å². The Bertz CT molecular complexity index is 466. The molecule has 0 aliphatic carbocycles. The monoisotopic (exact) mass is 266 g/mol. The van der Waals surface area contributed by atoms with Gasteiger partial charge in [-0.15, -0.1) is 0 Å². The highest BCUT2D eigenvalue weighted by molar-refractivity contribution is 5.75. The smallest absolute Gasteiger partial charge is 0.407 e. The minimum Gasteiger partial charge on any atom is -0.481 e. The Kier molecular flexibility index (Phi) is 4.86. The number of nitrogens with one attached hydrogen (secondary N) is 1. The summed E-state index contributed by atoms with van der Waals surface area (Å²) in [6.07, 6.45) is 0.158.